The molecule has 1 aliphatic heterocycles. The molecule has 1 heterocycles. The SMILES string of the molecule is CC(C)CC1CN(C(=O)C(Cl)Cl)CCN1. The van der Waals surface area contributed by atoms with Gasteiger partial charge in [0.15, 0.2) is 4.84 Å². The van der Waals surface area contributed by atoms with Gasteiger partial charge in [-0.1, -0.05) is 37.0 Å². The molecule has 0 aromatic rings. The summed E-state index contributed by atoms with van der Waals surface area (Å²) >= 11 is 11.1. The average Bonchev–Trinajstić information content (AvgIpc) is 2.16. The second-order valence-corrected chi connectivity index (χ2v) is 5.46. The van der Waals surface area contributed by atoms with E-state index in [-0.39, 0.29) is 5.91 Å². The van der Waals surface area contributed by atoms with Gasteiger partial charge < -0.3 is 10.2 Å². The summed E-state index contributed by atoms with van der Waals surface area (Å²) in [5.74, 6) is 0.453. The molecular formula is C10H18Cl2N2O. The first kappa shape index (κ1) is 13.1. The van der Waals surface area contributed by atoms with Crippen molar-refractivity contribution in [2.24, 2.45) is 5.92 Å². The summed E-state index contributed by atoms with van der Waals surface area (Å²) in [5.41, 5.74) is 0. The molecule has 0 bridgehead atoms. The summed E-state index contributed by atoms with van der Waals surface area (Å²) in [4.78, 5) is 12.4. The van der Waals surface area contributed by atoms with E-state index in [1.807, 2.05) is 0 Å². The first-order valence-corrected chi connectivity index (χ1v) is 6.18. The smallest absolute Gasteiger partial charge is 0.255 e. The molecule has 15 heavy (non-hydrogen) atoms. The standard InChI is InChI=1S/C10H18Cl2N2O/c1-7(2)5-8-6-14(4-3-13-8)10(15)9(11)12/h7-9,13H,3-6H2,1-2H3. The van der Waals surface area contributed by atoms with Crippen LogP contribution in [0, 0.1) is 5.92 Å². The van der Waals surface area contributed by atoms with Gasteiger partial charge in [0.2, 0.25) is 0 Å². The Labute approximate surface area is 101 Å². The molecule has 0 aliphatic carbocycles. The Balaban J connectivity index is 2.45. The monoisotopic (exact) mass is 252 g/mol. The number of carbonyl (C=O) groups is 1. The summed E-state index contributed by atoms with van der Waals surface area (Å²) in [7, 11) is 0. The van der Waals surface area contributed by atoms with E-state index in [1.165, 1.54) is 0 Å². The third-order valence-corrected chi connectivity index (χ3v) is 2.88. The molecule has 88 valence electrons. The predicted octanol–water partition coefficient (Wildman–Crippen LogP) is 1.64. The summed E-state index contributed by atoms with van der Waals surface area (Å²) in [6.07, 6.45) is 1.07. The molecule has 3 nitrogen and oxygen atoms in total. The molecule has 1 unspecified atom stereocenters. The topological polar surface area (TPSA) is 32.3 Å². The van der Waals surface area contributed by atoms with Crippen LogP contribution in [0.2, 0.25) is 0 Å². The maximum Gasteiger partial charge on any atom is 0.255 e. The Morgan fingerprint density at radius 3 is 2.73 bits per heavy atom. The van der Waals surface area contributed by atoms with Gasteiger partial charge in [0.1, 0.15) is 0 Å². The minimum atomic E-state index is -0.928. The van der Waals surface area contributed by atoms with E-state index in [9.17, 15) is 4.79 Å². The van der Waals surface area contributed by atoms with E-state index in [0.29, 0.717) is 25.0 Å². The van der Waals surface area contributed by atoms with Crippen molar-refractivity contribution in [3.05, 3.63) is 0 Å². The number of carbonyl (C=O) groups excluding carboxylic acids is 1. The van der Waals surface area contributed by atoms with Crippen molar-refractivity contribution in [1.29, 1.82) is 0 Å². The zero-order valence-electron chi connectivity index (χ0n) is 9.17. The maximum atomic E-state index is 11.6. The quantitative estimate of drug-likeness (QED) is 0.775. The number of nitrogens with zero attached hydrogens (tertiary/aromatic N) is 1. The molecule has 1 aliphatic rings. The lowest BCUT2D eigenvalue weighted by Crippen LogP contribution is -2.54. The molecule has 0 aromatic heterocycles. The fraction of sp³-hybridized carbons (Fsp3) is 0.900. The molecular weight excluding hydrogens is 235 g/mol. The highest BCUT2D eigenvalue weighted by molar-refractivity contribution is 6.53. The van der Waals surface area contributed by atoms with Crippen LogP contribution in [0.5, 0.6) is 0 Å². The number of amides is 1. The van der Waals surface area contributed by atoms with E-state index >= 15 is 0 Å². The van der Waals surface area contributed by atoms with Crippen molar-refractivity contribution in [3.63, 3.8) is 0 Å². The average molecular weight is 253 g/mol. The fourth-order valence-corrected chi connectivity index (χ4v) is 2.17. The van der Waals surface area contributed by atoms with Crippen molar-refractivity contribution in [2.75, 3.05) is 19.6 Å². The highest BCUT2D eigenvalue weighted by Gasteiger charge is 2.26. The molecule has 1 atom stereocenters. The summed E-state index contributed by atoms with van der Waals surface area (Å²) < 4.78 is 0. The van der Waals surface area contributed by atoms with Gasteiger partial charge in [0.25, 0.3) is 5.91 Å². The predicted molar refractivity (Wildman–Crippen MR) is 63.3 cm³/mol. The van der Waals surface area contributed by atoms with Crippen LogP contribution in [-0.2, 0) is 4.79 Å². The van der Waals surface area contributed by atoms with Gasteiger partial charge in [0.05, 0.1) is 0 Å². The second kappa shape index (κ2) is 5.92. The molecule has 1 amide bonds. The minimum absolute atomic E-state index is 0.173. The minimum Gasteiger partial charge on any atom is -0.338 e. The summed E-state index contributed by atoms with van der Waals surface area (Å²) in [5, 5.41) is 3.39. The third kappa shape index (κ3) is 4.17. The number of hydrogen-bond acceptors (Lipinski definition) is 2. The zero-order valence-corrected chi connectivity index (χ0v) is 10.7. The van der Waals surface area contributed by atoms with Gasteiger partial charge in [-0.3, -0.25) is 4.79 Å². The van der Waals surface area contributed by atoms with Gasteiger partial charge >= 0.3 is 0 Å². The molecule has 1 saturated heterocycles. The molecule has 1 fully saturated rings. The van der Waals surface area contributed by atoms with Gasteiger partial charge in [-0.2, -0.15) is 0 Å². The van der Waals surface area contributed by atoms with Gasteiger partial charge in [-0.15, -0.1) is 0 Å². The van der Waals surface area contributed by atoms with Crippen molar-refractivity contribution in [3.8, 4) is 0 Å². The lowest BCUT2D eigenvalue weighted by Gasteiger charge is -2.34. The second-order valence-electron chi connectivity index (χ2n) is 4.37. The number of halogens is 2. The van der Waals surface area contributed by atoms with Crippen LogP contribution in [0.3, 0.4) is 0 Å². The van der Waals surface area contributed by atoms with Crippen LogP contribution >= 0.6 is 23.2 Å². The molecule has 5 heteroatoms. The Bertz CT molecular complexity index is 221. The van der Waals surface area contributed by atoms with Crippen LogP contribution in [0.25, 0.3) is 0 Å². The molecule has 0 aromatic carbocycles. The lowest BCUT2D eigenvalue weighted by molar-refractivity contribution is -0.130. The Morgan fingerprint density at radius 1 is 1.53 bits per heavy atom. The first-order chi connectivity index (χ1) is 7.00. The van der Waals surface area contributed by atoms with Crippen LogP contribution < -0.4 is 5.32 Å². The molecule has 0 spiro atoms. The number of rotatable bonds is 3. The van der Waals surface area contributed by atoms with Gasteiger partial charge in [-0.05, 0) is 12.3 Å². The Hall–Kier alpha value is 0.01000. The van der Waals surface area contributed by atoms with Crippen LogP contribution in [-0.4, -0.2) is 41.3 Å². The third-order valence-electron chi connectivity index (χ3n) is 2.51. The summed E-state index contributed by atoms with van der Waals surface area (Å²) in [6, 6.07) is 0.370. The highest BCUT2D eigenvalue weighted by Crippen LogP contribution is 2.13. The molecule has 0 radical (unpaired) electrons. The molecule has 1 rings (SSSR count). The van der Waals surface area contributed by atoms with Gasteiger partial charge in [-0.25, -0.2) is 0 Å². The Kier molecular flexibility index (Phi) is 5.16. The van der Waals surface area contributed by atoms with Crippen molar-refractivity contribution < 1.29 is 4.79 Å². The fourth-order valence-electron chi connectivity index (χ4n) is 1.89. The number of piperazine rings is 1. The molecule has 0 saturated carbocycles. The van der Waals surface area contributed by atoms with Crippen LogP contribution in [0.15, 0.2) is 0 Å². The van der Waals surface area contributed by atoms with E-state index in [0.717, 1.165) is 13.0 Å². The van der Waals surface area contributed by atoms with E-state index < -0.39 is 4.84 Å². The van der Waals surface area contributed by atoms with Crippen LogP contribution in [0.1, 0.15) is 20.3 Å². The lowest BCUT2D eigenvalue weighted by atomic mass is 10.0. The summed E-state index contributed by atoms with van der Waals surface area (Å²) in [6.45, 7) is 6.59. The van der Waals surface area contributed by atoms with E-state index in [1.54, 1.807) is 4.90 Å². The number of hydrogen-bond donors (Lipinski definition) is 1. The van der Waals surface area contributed by atoms with E-state index in [4.69, 9.17) is 23.2 Å². The normalized spacial score (nSPS) is 22.5. The van der Waals surface area contributed by atoms with Crippen molar-refractivity contribution in [2.45, 2.75) is 31.1 Å². The highest BCUT2D eigenvalue weighted by atomic mass is 35.5. The molecule has 1 N–H and O–H groups in total. The first-order valence-electron chi connectivity index (χ1n) is 5.31. The van der Waals surface area contributed by atoms with Crippen molar-refractivity contribution >= 4 is 29.1 Å². The number of nitrogens with one attached hydrogen (secondary N) is 1. The largest absolute Gasteiger partial charge is 0.338 e. The van der Waals surface area contributed by atoms with Crippen LogP contribution in [0.4, 0.5) is 0 Å². The zero-order chi connectivity index (χ0) is 11.4. The maximum absolute atomic E-state index is 11.6. The Morgan fingerprint density at radius 2 is 2.20 bits per heavy atom. The van der Waals surface area contributed by atoms with Gasteiger partial charge in [0, 0.05) is 25.7 Å². The number of alkyl halides is 2. The van der Waals surface area contributed by atoms with E-state index in [2.05, 4.69) is 19.2 Å². The van der Waals surface area contributed by atoms with Crippen molar-refractivity contribution in [1.82, 2.24) is 10.2 Å².